The van der Waals surface area contributed by atoms with Crippen LogP contribution in [0.5, 0.6) is 0 Å². The third kappa shape index (κ3) is 6.37. The lowest BCUT2D eigenvalue weighted by Gasteiger charge is -2.04. The molecule has 0 aliphatic carbocycles. The van der Waals surface area contributed by atoms with Gasteiger partial charge in [-0.25, -0.2) is 0 Å². The van der Waals surface area contributed by atoms with Crippen LogP contribution in [-0.4, -0.2) is 5.97 Å². The van der Waals surface area contributed by atoms with Crippen LogP contribution in [0.4, 0.5) is 0 Å². The Balaban J connectivity index is 2.45. The minimum absolute atomic E-state index is 0.225. The molecule has 0 heterocycles. The normalized spacial score (nSPS) is 12.3. The van der Waals surface area contributed by atoms with Crippen LogP contribution in [-0.2, 0) is 16.0 Å². The van der Waals surface area contributed by atoms with Crippen LogP contribution in [0, 0.1) is 0 Å². The summed E-state index contributed by atoms with van der Waals surface area (Å²) in [5.41, 5.74) is 3.15. The van der Waals surface area contributed by atoms with Crippen molar-refractivity contribution < 1.29 is 9.53 Å². The summed E-state index contributed by atoms with van der Waals surface area (Å²) in [4.78, 5) is 11.7. The van der Waals surface area contributed by atoms with Gasteiger partial charge in [0.05, 0.1) is 12.7 Å². The summed E-state index contributed by atoms with van der Waals surface area (Å²) >= 11 is 0. The van der Waals surface area contributed by atoms with Gasteiger partial charge < -0.3 is 4.74 Å². The SMILES string of the molecule is CCCC/C=C(C)/C(C)=C/OC(=O)Cc1ccccc1. The summed E-state index contributed by atoms with van der Waals surface area (Å²) < 4.78 is 5.19. The fourth-order valence-electron chi connectivity index (χ4n) is 1.73. The van der Waals surface area contributed by atoms with Gasteiger partial charge in [-0.1, -0.05) is 56.2 Å². The molecule has 0 aliphatic heterocycles. The molecule has 1 rings (SSSR count). The second kappa shape index (κ2) is 9.13. The first-order chi connectivity index (χ1) is 9.63. The second-order valence-corrected chi connectivity index (χ2v) is 4.98. The van der Waals surface area contributed by atoms with Crippen molar-refractivity contribution in [3.8, 4) is 0 Å². The van der Waals surface area contributed by atoms with Gasteiger partial charge in [0.15, 0.2) is 0 Å². The largest absolute Gasteiger partial charge is 0.434 e. The molecule has 0 bridgehead atoms. The highest BCUT2D eigenvalue weighted by molar-refractivity contribution is 5.73. The minimum atomic E-state index is -0.225. The van der Waals surface area contributed by atoms with E-state index in [1.807, 2.05) is 44.2 Å². The molecule has 0 radical (unpaired) electrons. The smallest absolute Gasteiger partial charge is 0.315 e. The molecule has 1 aromatic rings. The van der Waals surface area contributed by atoms with Crippen molar-refractivity contribution in [1.82, 2.24) is 0 Å². The Morgan fingerprint density at radius 2 is 1.85 bits per heavy atom. The second-order valence-electron chi connectivity index (χ2n) is 4.98. The van der Waals surface area contributed by atoms with Gasteiger partial charge in [0.25, 0.3) is 0 Å². The number of allylic oxidation sites excluding steroid dienone is 3. The van der Waals surface area contributed by atoms with E-state index in [1.54, 1.807) is 6.26 Å². The Kier molecular flexibility index (Phi) is 7.41. The van der Waals surface area contributed by atoms with Gasteiger partial charge in [0.2, 0.25) is 0 Å². The summed E-state index contributed by atoms with van der Waals surface area (Å²) in [6.45, 7) is 6.19. The van der Waals surface area contributed by atoms with E-state index in [0.29, 0.717) is 6.42 Å². The molecule has 0 saturated heterocycles. The van der Waals surface area contributed by atoms with Crippen LogP contribution >= 0.6 is 0 Å². The number of hydrogen-bond acceptors (Lipinski definition) is 2. The lowest BCUT2D eigenvalue weighted by molar-refractivity contribution is -0.137. The zero-order valence-corrected chi connectivity index (χ0v) is 12.7. The lowest BCUT2D eigenvalue weighted by atomic mass is 10.1. The van der Waals surface area contributed by atoms with Gasteiger partial charge in [-0.2, -0.15) is 0 Å². The monoisotopic (exact) mass is 272 g/mol. The van der Waals surface area contributed by atoms with E-state index in [4.69, 9.17) is 4.74 Å². The first kappa shape index (κ1) is 16.2. The van der Waals surface area contributed by atoms with Gasteiger partial charge in [-0.15, -0.1) is 0 Å². The molecule has 0 saturated carbocycles. The number of ether oxygens (including phenoxy) is 1. The predicted molar refractivity (Wildman–Crippen MR) is 83.3 cm³/mol. The van der Waals surface area contributed by atoms with Crippen LogP contribution in [0.1, 0.15) is 45.6 Å². The first-order valence-corrected chi connectivity index (χ1v) is 7.20. The third-order valence-electron chi connectivity index (χ3n) is 3.19. The molecule has 0 aromatic heterocycles. The summed E-state index contributed by atoms with van der Waals surface area (Å²) in [5.74, 6) is -0.225. The zero-order chi connectivity index (χ0) is 14.8. The predicted octanol–water partition coefficient (Wildman–Crippen LogP) is 4.81. The Morgan fingerprint density at radius 1 is 1.15 bits per heavy atom. The summed E-state index contributed by atoms with van der Waals surface area (Å²) in [6.07, 6.45) is 7.52. The van der Waals surface area contributed by atoms with Gasteiger partial charge in [-0.3, -0.25) is 4.79 Å². The molecule has 2 heteroatoms. The van der Waals surface area contributed by atoms with Crippen molar-refractivity contribution in [1.29, 1.82) is 0 Å². The molecule has 0 atom stereocenters. The van der Waals surface area contributed by atoms with Gasteiger partial charge in [0.1, 0.15) is 0 Å². The quantitative estimate of drug-likeness (QED) is 0.308. The van der Waals surface area contributed by atoms with E-state index in [1.165, 1.54) is 18.4 Å². The molecule has 0 spiro atoms. The van der Waals surface area contributed by atoms with Gasteiger partial charge in [0, 0.05) is 0 Å². The Bertz CT molecular complexity index is 469. The van der Waals surface area contributed by atoms with Crippen LogP contribution < -0.4 is 0 Å². The molecule has 2 nitrogen and oxygen atoms in total. The Hall–Kier alpha value is -1.83. The number of benzene rings is 1. The lowest BCUT2D eigenvalue weighted by Crippen LogP contribution is -2.04. The number of rotatable bonds is 7. The number of carbonyl (C=O) groups excluding carboxylic acids is 1. The van der Waals surface area contributed by atoms with E-state index in [0.717, 1.165) is 17.6 Å². The average Bonchev–Trinajstić information content (AvgIpc) is 2.46. The molecule has 0 fully saturated rings. The van der Waals surface area contributed by atoms with Crippen LogP contribution in [0.2, 0.25) is 0 Å². The molecule has 0 amide bonds. The topological polar surface area (TPSA) is 26.3 Å². The number of esters is 1. The molecule has 108 valence electrons. The number of carbonyl (C=O) groups is 1. The maximum absolute atomic E-state index is 11.7. The third-order valence-corrected chi connectivity index (χ3v) is 3.19. The van der Waals surface area contributed by atoms with Crippen molar-refractivity contribution in [2.24, 2.45) is 0 Å². The van der Waals surface area contributed by atoms with E-state index in [2.05, 4.69) is 13.0 Å². The molecule has 20 heavy (non-hydrogen) atoms. The number of hydrogen-bond donors (Lipinski definition) is 0. The van der Waals surface area contributed by atoms with E-state index < -0.39 is 0 Å². The summed E-state index contributed by atoms with van der Waals surface area (Å²) in [7, 11) is 0. The van der Waals surface area contributed by atoms with Crippen LogP contribution in [0.3, 0.4) is 0 Å². The first-order valence-electron chi connectivity index (χ1n) is 7.20. The van der Waals surface area contributed by atoms with E-state index in [-0.39, 0.29) is 5.97 Å². The zero-order valence-electron chi connectivity index (χ0n) is 12.7. The molecular weight excluding hydrogens is 248 g/mol. The fraction of sp³-hybridized carbons (Fsp3) is 0.389. The van der Waals surface area contributed by atoms with E-state index in [9.17, 15) is 4.79 Å². The summed E-state index contributed by atoms with van der Waals surface area (Å²) in [6, 6.07) is 9.62. The van der Waals surface area contributed by atoms with Crippen molar-refractivity contribution in [3.05, 3.63) is 59.4 Å². The molecule has 1 aromatic carbocycles. The van der Waals surface area contributed by atoms with Crippen molar-refractivity contribution in [3.63, 3.8) is 0 Å². The highest BCUT2D eigenvalue weighted by atomic mass is 16.5. The standard InChI is InChI=1S/C18H24O2/c1-4-5-7-10-15(2)16(3)14-20-18(19)13-17-11-8-6-9-12-17/h6,8-12,14H,4-5,7,13H2,1-3H3/b15-10+,16-14+. The fourth-order valence-corrected chi connectivity index (χ4v) is 1.73. The van der Waals surface area contributed by atoms with Gasteiger partial charge >= 0.3 is 5.97 Å². The maximum atomic E-state index is 11.7. The maximum Gasteiger partial charge on any atom is 0.315 e. The van der Waals surface area contributed by atoms with Crippen LogP contribution in [0.15, 0.2) is 53.8 Å². The highest BCUT2D eigenvalue weighted by Crippen LogP contribution is 2.11. The van der Waals surface area contributed by atoms with E-state index >= 15 is 0 Å². The van der Waals surface area contributed by atoms with Gasteiger partial charge in [-0.05, 0) is 37.0 Å². The van der Waals surface area contributed by atoms with Crippen molar-refractivity contribution in [2.75, 3.05) is 0 Å². The molecule has 0 aliphatic rings. The highest BCUT2D eigenvalue weighted by Gasteiger charge is 2.03. The number of unbranched alkanes of at least 4 members (excludes halogenated alkanes) is 2. The molecule has 0 N–H and O–H groups in total. The average molecular weight is 272 g/mol. The summed E-state index contributed by atoms with van der Waals surface area (Å²) in [5, 5.41) is 0. The van der Waals surface area contributed by atoms with Crippen molar-refractivity contribution in [2.45, 2.75) is 46.5 Å². The minimum Gasteiger partial charge on any atom is -0.434 e. The molecular formula is C18H24O2. The van der Waals surface area contributed by atoms with Crippen LogP contribution in [0.25, 0.3) is 0 Å². The Labute approximate surface area is 122 Å². The van der Waals surface area contributed by atoms with Crippen molar-refractivity contribution >= 4 is 5.97 Å². The molecule has 0 unspecified atom stereocenters. The Morgan fingerprint density at radius 3 is 2.50 bits per heavy atom.